The van der Waals surface area contributed by atoms with Gasteiger partial charge >= 0.3 is 0 Å². The number of carbonyl (C=O) groups excluding carboxylic acids is 1. The molecular formula is C14H24N2O5S2. The highest BCUT2D eigenvalue weighted by Crippen LogP contribution is 2.29. The van der Waals surface area contributed by atoms with Gasteiger partial charge in [-0.2, -0.15) is 4.31 Å². The Kier molecular flexibility index (Phi) is 4.72. The van der Waals surface area contributed by atoms with Gasteiger partial charge in [-0.3, -0.25) is 4.79 Å². The molecule has 1 unspecified atom stereocenters. The first-order chi connectivity index (χ1) is 10.8. The first-order valence-corrected chi connectivity index (χ1v) is 11.6. The molecule has 2 heterocycles. The summed E-state index contributed by atoms with van der Waals surface area (Å²) < 4.78 is 49.8. The molecule has 2 saturated heterocycles. The van der Waals surface area contributed by atoms with Crippen molar-refractivity contribution >= 4 is 25.8 Å². The van der Waals surface area contributed by atoms with Crippen LogP contribution in [-0.4, -0.2) is 74.9 Å². The third kappa shape index (κ3) is 3.56. The van der Waals surface area contributed by atoms with E-state index in [0.29, 0.717) is 26.1 Å². The van der Waals surface area contributed by atoms with Gasteiger partial charge < -0.3 is 4.90 Å². The predicted octanol–water partition coefficient (Wildman–Crippen LogP) is -0.162. The van der Waals surface area contributed by atoms with Gasteiger partial charge in [0.05, 0.1) is 16.8 Å². The Morgan fingerprint density at radius 1 is 0.957 bits per heavy atom. The maximum Gasteiger partial charge on any atom is 0.225 e. The molecule has 1 atom stereocenters. The molecule has 23 heavy (non-hydrogen) atoms. The lowest BCUT2D eigenvalue weighted by Crippen LogP contribution is -2.43. The fraction of sp³-hybridized carbons (Fsp3) is 0.929. The molecule has 0 bridgehead atoms. The lowest BCUT2D eigenvalue weighted by molar-refractivity contribution is -0.138. The van der Waals surface area contributed by atoms with Crippen LogP contribution < -0.4 is 0 Å². The molecule has 9 heteroatoms. The van der Waals surface area contributed by atoms with Crippen LogP contribution in [0.4, 0.5) is 0 Å². The molecule has 7 nitrogen and oxygen atoms in total. The minimum atomic E-state index is -3.60. The smallest absolute Gasteiger partial charge is 0.225 e. The summed E-state index contributed by atoms with van der Waals surface area (Å²) in [5.74, 6) is -0.0369. The summed E-state index contributed by atoms with van der Waals surface area (Å²) in [4.78, 5) is 14.1. The van der Waals surface area contributed by atoms with Crippen LogP contribution in [0.25, 0.3) is 0 Å². The van der Waals surface area contributed by atoms with Gasteiger partial charge in [-0.25, -0.2) is 16.8 Å². The van der Waals surface area contributed by atoms with Crippen LogP contribution in [0.3, 0.4) is 0 Å². The summed E-state index contributed by atoms with van der Waals surface area (Å²) in [6, 6.07) is 0. The van der Waals surface area contributed by atoms with Gasteiger partial charge in [-0.1, -0.05) is 6.42 Å². The van der Waals surface area contributed by atoms with Gasteiger partial charge in [-0.15, -0.1) is 0 Å². The monoisotopic (exact) mass is 364 g/mol. The van der Waals surface area contributed by atoms with Gasteiger partial charge in [0.1, 0.15) is 0 Å². The van der Waals surface area contributed by atoms with E-state index < -0.39 is 25.1 Å². The molecule has 1 saturated carbocycles. The molecule has 0 aromatic rings. The Labute approximate surface area is 138 Å². The molecule has 1 amide bonds. The van der Waals surface area contributed by atoms with Crippen LogP contribution in [0.15, 0.2) is 0 Å². The quantitative estimate of drug-likeness (QED) is 0.694. The minimum absolute atomic E-state index is 0.0446. The second kappa shape index (κ2) is 6.33. The number of sulfonamides is 1. The van der Waals surface area contributed by atoms with Crippen molar-refractivity contribution in [2.24, 2.45) is 5.92 Å². The van der Waals surface area contributed by atoms with Crippen molar-refractivity contribution in [2.45, 2.75) is 37.4 Å². The lowest BCUT2D eigenvalue weighted by Gasteiger charge is -2.31. The molecule has 2 aliphatic heterocycles. The Morgan fingerprint density at radius 3 is 2.26 bits per heavy atom. The molecule has 0 aromatic heterocycles. The summed E-state index contributed by atoms with van der Waals surface area (Å²) in [7, 11) is -6.83. The average Bonchev–Trinajstić information content (AvgIpc) is 2.65. The first kappa shape index (κ1) is 17.2. The maximum absolute atomic E-state index is 12.7. The van der Waals surface area contributed by atoms with Crippen molar-refractivity contribution in [3.63, 3.8) is 0 Å². The second-order valence-electron chi connectivity index (χ2n) is 6.78. The molecule has 0 aromatic carbocycles. The zero-order valence-corrected chi connectivity index (χ0v) is 14.8. The van der Waals surface area contributed by atoms with E-state index in [-0.39, 0.29) is 36.3 Å². The number of nitrogens with zero attached hydrogens (tertiary/aromatic N) is 2. The van der Waals surface area contributed by atoms with Crippen molar-refractivity contribution < 1.29 is 21.6 Å². The second-order valence-corrected chi connectivity index (χ2v) is 11.2. The highest BCUT2D eigenvalue weighted by Gasteiger charge is 2.41. The van der Waals surface area contributed by atoms with Gasteiger partial charge in [0.15, 0.2) is 9.84 Å². The average molecular weight is 364 g/mol. The summed E-state index contributed by atoms with van der Waals surface area (Å²) in [5, 5.41) is -0.818. The topological polar surface area (TPSA) is 91.8 Å². The van der Waals surface area contributed by atoms with E-state index in [1.807, 2.05) is 0 Å². The van der Waals surface area contributed by atoms with Crippen molar-refractivity contribution in [3.8, 4) is 0 Å². The largest absolute Gasteiger partial charge is 0.341 e. The van der Waals surface area contributed by atoms with Gasteiger partial charge in [0.2, 0.25) is 15.9 Å². The van der Waals surface area contributed by atoms with Crippen molar-refractivity contribution in [3.05, 3.63) is 0 Å². The number of sulfone groups is 1. The van der Waals surface area contributed by atoms with Crippen molar-refractivity contribution in [2.75, 3.05) is 37.7 Å². The van der Waals surface area contributed by atoms with Crippen molar-refractivity contribution in [1.82, 2.24) is 9.21 Å². The van der Waals surface area contributed by atoms with Gasteiger partial charge in [0, 0.05) is 32.1 Å². The predicted molar refractivity (Wildman–Crippen MR) is 86.1 cm³/mol. The Morgan fingerprint density at radius 2 is 1.70 bits per heavy atom. The van der Waals surface area contributed by atoms with Crippen molar-refractivity contribution in [1.29, 1.82) is 0 Å². The maximum atomic E-state index is 12.7. The third-order valence-electron chi connectivity index (χ3n) is 5.19. The standard InChI is InChI=1S/C14H24N2O5S2/c17-14(12-3-1-4-12)15-6-2-7-16(9-8-15)23(20,21)13-5-10-22(18,19)11-13/h12-13H,1-11H2. The van der Waals surface area contributed by atoms with Crippen LogP contribution in [-0.2, 0) is 24.7 Å². The van der Waals surface area contributed by atoms with E-state index in [1.165, 1.54) is 4.31 Å². The fourth-order valence-electron chi connectivity index (χ4n) is 3.49. The Balaban J connectivity index is 1.64. The van der Waals surface area contributed by atoms with Crippen LogP contribution in [0.2, 0.25) is 0 Å². The molecule has 3 aliphatic rings. The molecule has 132 valence electrons. The lowest BCUT2D eigenvalue weighted by atomic mass is 9.84. The molecular weight excluding hydrogens is 340 g/mol. The highest BCUT2D eigenvalue weighted by atomic mass is 32.2. The van der Waals surface area contributed by atoms with Crippen LogP contribution in [0.5, 0.6) is 0 Å². The van der Waals surface area contributed by atoms with Crippen LogP contribution in [0, 0.1) is 5.92 Å². The molecule has 1 aliphatic carbocycles. The van der Waals surface area contributed by atoms with Gasteiger partial charge in [-0.05, 0) is 25.7 Å². The Hall–Kier alpha value is -0.670. The molecule has 0 radical (unpaired) electrons. The third-order valence-corrected chi connectivity index (χ3v) is 9.50. The summed E-state index contributed by atoms with van der Waals surface area (Å²) in [6.07, 6.45) is 3.78. The number of hydrogen-bond acceptors (Lipinski definition) is 5. The van der Waals surface area contributed by atoms with E-state index in [2.05, 4.69) is 0 Å². The molecule has 0 spiro atoms. The summed E-state index contributed by atoms with van der Waals surface area (Å²) in [5.41, 5.74) is 0. The summed E-state index contributed by atoms with van der Waals surface area (Å²) >= 11 is 0. The van der Waals surface area contributed by atoms with Crippen LogP contribution in [0.1, 0.15) is 32.1 Å². The highest BCUT2D eigenvalue weighted by molar-refractivity contribution is 7.95. The zero-order valence-electron chi connectivity index (χ0n) is 13.2. The van der Waals surface area contributed by atoms with Crippen LogP contribution >= 0.6 is 0 Å². The van der Waals surface area contributed by atoms with E-state index in [1.54, 1.807) is 4.90 Å². The van der Waals surface area contributed by atoms with E-state index in [9.17, 15) is 21.6 Å². The number of rotatable bonds is 3. The number of amides is 1. The van der Waals surface area contributed by atoms with E-state index >= 15 is 0 Å². The number of hydrogen-bond donors (Lipinski definition) is 0. The van der Waals surface area contributed by atoms with E-state index in [0.717, 1.165) is 19.3 Å². The summed E-state index contributed by atoms with van der Waals surface area (Å²) in [6.45, 7) is 1.64. The molecule has 3 rings (SSSR count). The molecule has 0 N–H and O–H groups in total. The Bertz CT molecular complexity index is 669. The number of carbonyl (C=O) groups is 1. The fourth-order valence-corrected chi connectivity index (χ4v) is 8.05. The van der Waals surface area contributed by atoms with Gasteiger partial charge in [0.25, 0.3) is 0 Å². The minimum Gasteiger partial charge on any atom is -0.341 e. The molecule has 3 fully saturated rings. The normalized spacial score (nSPS) is 29.9. The zero-order chi connectivity index (χ0) is 16.7. The SMILES string of the molecule is O=C(C1CCC1)N1CCCN(S(=O)(=O)C2CCS(=O)(=O)C2)CC1. The first-order valence-electron chi connectivity index (χ1n) is 8.28. The van der Waals surface area contributed by atoms with E-state index in [4.69, 9.17) is 0 Å².